The lowest BCUT2D eigenvalue weighted by atomic mass is 10.1. The molecule has 1 aliphatic heterocycles. The molecule has 3 N–H and O–H groups in total. The molecule has 0 aliphatic carbocycles. The number of benzene rings is 1. The molecule has 2 rings (SSSR count). The van der Waals surface area contributed by atoms with Crippen molar-refractivity contribution >= 4 is 0 Å². The van der Waals surface area contributed by atoms with Crippen LogP contribution < -0.4 is 6.15 Å². The predicted octanol–water partition coefficient (Wildman–Crippen LogP) is 1.90. The Hall–Kier alpha value is -0.900. The van der Waals surface area contributed by atoms with Crippen LogP contribution in [0, 0.1) is 6.92 Å². The fourth-order valence-corrected chi connectivity index (χ4v) is 1.96. The SMILES string of the molecule is Cc1ccc(CN2CCN(C)CC2)cc1.N. The van der Waals surface area contributed by atoms with Gasteiger partial charge in [0.05, 0.1) is 0 Å². The van der Waals surface area contributed by atoms with Gasteiger partial charge in [-0.1, -0.05) is 29.8 Å². The molecule has 0 spiro atoms. The van der Waals surface area contributed by atoms with Crippen molar-refractivity contribution in [3.05, 3.63) is 35.4 Å². The molecular formula is C13H23N3. The normalized spacial score (nSPS) is 18.1. The number of hydrogen-bond acceptors (Lipinski definition) is 3. The highest BCUT2D eigenvalue weighted by Crippen LogP contribution is 2.08. The topological polar surface area (TPSA) is 41.5 Å². The summed E-state index contributed by atoms with van der Waals surface area (Å²) in [5.74, 6) is 0. The summed E-state index contributed by atoms with van der Waals surface area (Å²) in [5.41, 5.74) is 2.78. The van der Waals surface area contributed by atoms with E-state index in [0.717, 1.165) is 6.54 Å². The average molecular weight is 221 g/mol. The first-order valence-corrected chi connectivity index (χ1v) is 5.70. The number of nitrogens with zero attached hydrogens (tertiary/aromatic N) is 2. The minimum atomic E-state index is 0. The van der Waals surface area contributed by atoms with Crippen LogP contribution in [-0.2, 0) is 6.54 Å². The Morgan fingerprint density at radius 1 is 1.00 bits per heavy atom. The summed E-state index contributed by atoms with van der Waals surface area (Å²) in [6.45, 7) is 8.04. The molecular weight excluding hydrogens is 198 g/mol. The van der Waals surface area contributed by atoms with E-state index in [1.165, 1.54) is 37.3 Å². The highest BCUT2D eigenvalue weighted by Gasteiger charge is 2.13. The Morgan fingerprint density at radius 2 is 1.56 bits per heavy atom. The molecule has 1 aliphatic rings. The van der Waals surface area contributed by atoms with Gasteiger partial charge in [-0.15, -0.1) is 0 Å². The van der Waals surface area contributed by atoms with E-state index >= 15 is 0 Å². The Balaban J connectivity index is 0.00000128. The van der Waals surface area contributed by atoms with Gasteiger partial charge in [0.1, 0.15) is 0 Å². The fourth-order valence-electron chi connectivity index (χ4n) is 1.96. The van der Waals surface area contributed by atoms with Crippen molar-refractivity contribution in [1.29, 1.82) is 0 Å². The lowest BCUT2D eigenvalue weighted by Crippen LogP contribution is -2.43. The van der Waals surface area contributed by atoms with E-state index < -0.39 is 0 Å². The van der Waals surface area contributed by atoms with Gasteiger partial charge in [0.15, 0.2) is 0 Å². The number of likely N-dealkylation sites (N-methyl/N-ethyl adjacent to an activating group) is 1. The van der Waals surface area contributed by atoms with E-state index in [1.54, 1.807) is 0 Å². The molecule has 1 heterocycles. The third-order valence-electron chi connectivity index (χ3n) is 3.12. The quantitative estimate of drug-likeness (QED) is 0.829. The van der Waals surface area contributed by atoms with Crippen LogP contribution in [0.4, 0.5) is 0 Å². The summed E-state index contributed by atoms with van der Waals surface area (Å²) >= 11 is 0. The highest BCUT2D eigenvalue weighted by atomic mass is 15.2. The molecule has 1 fully saturated rings. The number of aryl methyl sites for hydroxylation is 1. The summed E-state index contributed by atoms with van der Waals surface area (Å²) in [4.78, 5) is 4.93. The molecule has 3 nitrogen and oxygen atoms in total. The van der Waals surface area contributed by atoms with E-state index in [-0.39, 0.29) is 6.15 Å². The number of rotatable bonds is 2. The first-order chi connectivity index (χ1) is 7.24. The van der Waals surface area contributed by atoms with E-state index in [9.17, 15) is 0 Å². The van der Waals surface area contributed by atoms with Gasteiger partial charge in [0.25, 0.3) is 0 Å². The smallest absolute Gasteiger partial charge is 0.0234 e. The van der Waals surface area contributed by atoms with E-state index in [2.05, 4.69) is 48.0 Å². The standard InChI is InChI=1S/C13H20N2.H3N/c1-12-3-5-13(6-4-12)11-15-9-7-14(2)8-10-15;/h3-6H,7-11H2,1-2H3;1H3. The molecule has 0 bridgehead atoms. The van der Waals surface area contributed by atoms with Crippen molar-refractivity contribution in [2.24, 2.45) is 0 Å². The molecule has 1 saturated heterocycles. The molecule has 0 saturated carbocycles. The average Bonchev–Trinajstić information content (AvgIpc) is 2.25. The van der Waals surface area contributed by atoms with E-state index in [4.69, 9.17) is 0 Å². The van der Waals surface area contributed by atoms with Gasteiger partial charge in [-0.05, 0) is 19.5 Å². The zero-order valence-electron chi connectivity index (χ0n) is 10.4. The first kappa shape index (κ1) is 13.2. The van der Waals surface area contributed by atoms with Gasteiger partial charge in [-0.2, -0.15) is 0 Å². The molecule has 16 heavy (non-hydrogen) atoms. The van der Waals surface area contributed by atoms with Crippen molar-refractivity contribution in [2.45, 2.75) is 13.5 Å². The van der Waals surface area contributed by atoms with Crippen LogP contribution in [0.25, 0.3) is 0 Å². The van der Waals surface area contributed by atoms with Gasteiger partial charge >= 0.3 is 0 Å². The van der Waals surface area contributed by atoms with E-state index in [1.807, 2.05) is 0 Å². The van der Waals surface area contributed by atoms with Crippen molar-refractivity contribution in [2.75, 3.05) is 33.2 Å². The van der Waals surface area contributed by atoms with Crippen LogP contribution in [0.1, 0.15) is 11.1 Å². The fraction of sp³-hybridized carbons (Fsp3) is 0.538. The predicted molar refractivity (Wildman–Crippen MR) is 69.0 cm³/mol. The van der Waals surface area contributed by atoms with Crippen molar-refractivity contribution in [3.63, 3.8) is 0 Å². The second-order valence-electron chi connectivity index (χ2n) is 4.57. The Bertz CT molecular complexity index is 299. The van der Waals surface area contributed by atoms with Crippen LogP contribution in [0.2, 0.25) is 0 Å². The molecule has 0 atom stereocenters. The zero-order chi connectivity index (χ0) is 10.7. The summed E-state index contributed by atoms with van der Waals surface area (Å²) in [6.07, 6.45) is 0. The third-order valence-corrected chi connectivity index (χ3v) is 3.12. The second kappa shape index (κ2) is 5.99. The maximum atomic E-state index is 2.53. The van der Waals surface area contributed by atoms with Crippen LogP contribution >= 0.6 is 0 Å². The van der Waals surface area contributed by atoms with Crippen LogP contribution in [0.3, 0.4) is 0 Å². The first-order valence-electron chi connectivity index (χ1n) is 5.70. The Kier molecular flexibility index (Phi) is 4.93. The minimum absolute atomic E-state index is 0. The maximum Gasteiger partial charge on any atom is 0.0234 e. The molecule has 90 valence electrons. The van der Waals surface area contributed by atoms with Gasteiger partial charge in [-0.3, -0.25) is 4.90 Å². The Morgan fingerprint density at radius 3 is 2.12 bits per heavy atom. The Labute approximate surface area is 98.6 Å². The third kappa shape index (κ3) is 3.59. The molecule has 1 aromatic rings. The second-order valence-corrected chi connectivity index (χ2v) is 4.57. The summed E-state index contributed by atoms with van der Waals surface area (Å²) < 4.78 is 0. The number of hydrogen-bond donors (Lipinski definition) is 1. The van der Waals surface area contributed by atoms with Crippen molar-refractivity contribution in [1.82, 2.24) is 16.0 Å². The highest BCUT2D eigenvalue weighted by molar-refractivity contribution is 5.21. The van der Waals surface area contributed by atoms with Gasteiger partial charge in [0, 0.05) is 32.7 Å². The molecule has 0 unspecified atom stereocenters. The molecule has 3 heteroatoms. The van der Waals surface area contributed by atoms with Crippen LogP contribution in [0.5, 0.6) is 0 Å². The largest absolute Gasteiger partial charge is 0.344 e. The van der Waals surface area contributed by atoms with E-state index in [0.29, 0.717) is 0 Å². The lowest BCUT2D eigenvalue weighted by molar-refractivity contribution is 0.148. The van der Waals surface area contributed by atoms with Crippen LogP contribution in [-0.4, -0.2) is 43.0 Å². The lowest BCUT2D eigenvalue weighted by Gasteiger charge is -2.32. The summed E-state index contributed by atoms with van der Waals surface area (Å²) in [7, 11) is 2.20. The van der Waals surface area contributed by atoms with Crippen molar-refractivity contribution in [3.8, 4) is 0 Å². The molecule has 1 aromatic carbocycles. The van der Waals surface area contributed by atoms with Crippen LogP contribution in [0.15, 0.2) is 24.3 Å². The minimum Gasteiger partial charge on any atom is -0.344 e. The van der Waals surface area contributed by atoms with Crippen molar-refractivity contribution < 1.29 is 0 Å². The molecule has 0 amide bonds. The monoisotopic (exact) mass is 221 g/mol. The number of piperazine rings is 1. The zero-order valence-corrected chi connectivity index (χ0v) is 10.4. The summed E-state index contributed by atoms with van der Waals surface area (Å²) in [5, 5.41) is 0. The van der Waals surface area contributed by atoms with Gasteiger partial charge in [-0.25, -0.2) is 0 Å². The molecule has 0 aromatic heterocycles. The van der Waals surface area contributed by atoms with Gasteiger partial charge in [0.2, 0.25) is 0 Å². The van der Waals surface area contributed by atoms with Gasteiger partial charge < -0.3 is 11.1 Å². The summed E-state index contributed by atoms with van der Waals surface area (Å²) in [6, 6.07) is 8.89. The molecule has 0 radical (unpaired) electrons. The maximum absolute atomic E-state index is 2.53.